The van der Waals surface area contributed by atoms with Crippen molar-refractivity contribution >= 4 is 31.9 Å². The first-order valence-electron chi connectivity index (χ1n) is 5.84. The fourth-order valence-electron chi connectivity index (χ4n) is 2.29. The van der Waals surface area contributed by atoms with E-state index < -0.39 is 22.0 Å². The Bertz CT molecular complexity index is 584. The Morgan fingerprint density at radius 2 is 1.95 bits per heavy atom. The molecule has 2 rings (SSSR count). The number of aliphatic carboxylic acids is 1. The van der Waals surface area contributed by atoms with Crippen LogP contribution in [0, 0.1) is 5.92 Å². The first-order valence-corrected chi connectivity index (χ1v) is 8.07. The van der Waals surface area contributed by atoms with E-state index in [1.807, 2.05) is 0 Å². The maximum Gasteiger partial charge on any atom is 0.322 e. The van der Waals surface area contributed by atoms with Crippen LogP contribution in [-0.2, 0) is 14.8 Å². The van der Waals surface area contributed by atoms with Crippen LogP contribution in [0.5, 0.6) is 0 Å². The molecule has 1 heterocycles. The number of halogens is 1. The first kappa shape index (κ1) is 14.5. The van der Waals surface area contributed by atoms with Gasteiger partial charge >= 0.3 is 5.97 Å². The molecule has 1 N–H and O–H groups in total. The van der Waals surface area contributed by atoms with Crippen molar-refractivity contribution < 1.29 is 18.3 Å². The fourth-order valence-corrected chi connectivity index (χ4v) is 4.25. The highest BCUT2D eigenvalue weighted by Crippen LogP contribution is 2.30. The molecule has 19 heavy (non-hydrogen) atoms. The van der Waals surface area contributed by atoms with Gasteiger partial charge in [0.25, 0.3) is 0 Å². The van der Waals surface area contributed by atoms with Gasteiger partial charge in [0.1, 0.15) is 6.04 Å². The van der Waals surface area contributed by atoms with Crippen molar-refractivity contribution in [3.63, 3.8) is 0 Å². The molecule has 1 fully saturated rings. The smallest absolute Gasteiger partial charge is 0.322 e. The van der Waals surface area contributed by atoms with E-state index in [1.165, 1.54) is 12.1 Å². The Morgan fingerprint density at radius 1 is 1.37 bits per heavy atom. The van der Waals surface area contributed by atoms with E-state index in [0.717, 1.165) is 8.78 Å². The fraction of sp³-hybridized carbons (Fsp3) is 0.417. The predicted octanol–water partition coefficient (Wildman–Crippen LogP) is 1.93. The van der Waals surface area contributed by atoms with Crippen molar-refractivity contribution in [3.05, 3.63) is 28.7 Å². The lowest BCUT2D eigenvalue weighted by atomic mass is 10.0. The van der Waals surface area contributed by atoms with Gasteiger partial charge in [-0.15, -0.1) is 0 Å². The number of carbonyl (C=O) groups is 1. The van der Waals surface area contributed by atoms with Crippen molar-refractivity contribution in [3.8, 4) is 0 Å². The van der Waals surface area contributed by atoms with Gasteiger partial charge in [-0.25, -0.2) is 8.42 Å². The Hall–Kier alpha value is -0.920. The molecule has 0 bridgehead atoms. The molecule has 5 nitrogen and oxygen atoms in total. The lowest BCUT2D eigenvalue weighted by Gasteiger charge is -2.22. The lowest BCUT2D eigenvalue weighted by molar-refractivity contribution is -0.141. The molecular formula is C12H14BrNO4S. The van der Waals surface area contributed by atoms with Crippen LogP contribution in [0.1, 0.15) is 13.3 Å². The standard InChI is InChI=1S/C12H14BrNO4S/c1-8-6-7-14(11(8)12(15)16)19(17,18)10-4-2-9(13)3-5-10/h2-5,8,11H,6-7H2,1H3,(H,15,16). The number of nitrogens with zero attached hydrogens (tertiary/aromatic N) is 1. The van der Waals surface area contributed by atoms with E-state index in [-0.39, 0.29) is 17.4 Å². The van der Waals surface area contributed by atoms with Crippen molar-refractivity contribution in [2.45, 2.75) is 24.3 Å². The Kier molecular flexibility index (Phi) is 3.98. The molecule has 0 saturated carbocycles. The number of hydrogen-bond donors (Lipinski definition) is 1. The molecule has 0 aliphatic carbocycles. The van der Waals surface area contributed by atoms with Gasteiger partial charge in [-0.1, -0.05) is 22.9 Å². The summed E-state index contributed by atoms with van der Waals surface area (Å²) in [4.78, 5) is 11.4. The van der Waals surface area contributed by atoms with Gasteiger partial charge in [-0.05, 0) is 36.6 Å². The molecule has 2 atom stereocenters. The Labute approximate surface area is 120 Å². The Morgan fingerprint density at radius 3 is 2.47 bits per heavy atom. The zero-order valence-electron chi connectivity index (χ0n) is 10.3. The van der Waals surface area contributed by atoms with Gasteiger partial charge in [-0.3, -0.25) is 4.79 Å². The maximum atomic E-state index is 12.5. The normalized spacial score (nSPS) is 24.5. The van der Waals surface area contributed by atoms with Gasteiger partial charge in [0.05, 0.1) is 4.90 Å². The molecular weight excluding hydrogens is 334 g/mol. The third-order valence-corrected chi connectivity index (χ3v) is 5.75. The lowest BCUT2D eigenvalue weighted by Crippen LogP contribution is -2.42. The zero-order valence-corrected chi connectivity index (χ0v) is 12.7. The summed E-state index contributed by atoms with van der Waals surface area (Å²) in [5.74, 6) is -1.27. The van der Waals surface area contributed by atoms with Crippen LogP contribution in [0.3, 0.4) is 0 Å². The van der Waals surface area contributed by atoms with Crippen LogP contribution < -0.4 is 0 Å². The minimum Gasteiger partial charge on any atom is -0.480 e. The monoisotopic (exact) mass is 347 g/mol. The van der Waals surface area contributed by atoms with E-state index >= 15 is 0 Å². The molecule has 2 unspecified atom stereocenters. The van der Waals surface area contributed by atoms with Crippen molar-refractivity contribution in [1.82, 2.24) is 4.31 Å². The molecule has 0 aromatic heterocycles. The number of sulfonamides is 1. The van der Waals surface area contributed by atoms with Crippen LogP contribution in [-0.4, -0.2) is 36.4 Å². The number of carboxylic acids is 1. The summed E-state index contributed by atoms with van der Waals surface area (Å²) in [5, 5.41) is 9.19. The van der Waals surface area contributed by atoms with Crippen molar-refractivity contribution in [2.24, 2.45) is 5.92 Å². The second kappa shape index (κ2) is 5.22. The number of rotatable bonds is 3. The maximum absolute atomic E-state index is 12.5. The molecule has 104 valence electrons. The van der Waals surface area contributed by atoms with Crippen LogP contribution in [0.2, 0.25) is 0 Å². The molecule has 1 aliphatic rings. The molecule has 1 aromatic carbocycles. The quantitative estimate of drug-likeness (QED) is 0.906. The summed E-state index contributed by atoms with van der Waals surface area (Å²) < 4.78 is 26.8. The zero-order chi connectivity index (χ0) is 14.2. The van der Waals surface area contributed by atoms with E-state index in [9.17, 15) is 18.3 Å². The van der Waals surface area contributed by atoms with Crippen molar-refractivity contribution in [2.75, 3.05) is 6.54 Å². The molecule has 1 aromatic rings. The minimum atomic E-state index is -3.75. The summed E-state index contributed by atoms with van der Waals surface area (Å²) in [6.07, 6.45) is 0.562. The van der Waals surface area contributed by atoms with Crippen LogP contribution in [0.25, 0.3) is 0 Å². The third-order valence-electron chi connectivity index (χ3n) is 3.33. The molecule has 0 radical (unpaired) electrons. The molecule has 1 aliphatic heterocycles. The van der Waals surface area contributed by atoms with E-state index in [2.05, 4.69) is 15.9 Å². The topological polar surface area (TPSA) is 74.7 Å². The predicted molar refractivity (Wildman–Crippen MR) is 73.2 cm³/mol. The largest absolute Gasteiger partial charge is 0.480 e. The van der Waals surface area contributed by atoms with Crippen molar-refractivity contribution in [1.29, 1.82) is 0 Å². The highest BCUT2D eigenvalue weighted by molar-refractivity contribution is 9.10. The van der Waals surface area contributed by atoms with Gasteiger partial charge in [0.2, 0.25) is 10.0 Å². The van der Waals surface area contributed by atoms with Gasteiger partial charge in [0, 0.05) is 11.0 Å². The van der Waals surface area contributed by atoms with Crippen LogP contribution in [0.15, 0.2) is 33.6 Å². The average Bonchev–Trinajstić information content (AvgIpc) is 2.72. The SMILES string of the molecule is CC1CCN(S(=O)(=O)c2ccc(Br)cc2)C1C(=O)O. The summed E-state index contributed by atoms with van der Waals surface area (Å²) in [5.41, 5.74) is 0. The summed E-state index contributed by atoms with van der Waals surface area (Å²) in [6, 6.07) is 5.22. The minimum absolute atomic E-state index is 0.121. The second-order valence-corrected chi connectivity index (χ2v) is 7.42. The molecule has 0 amide bonds. The Balaban J connectivity index is 2.39. The molecule has 0 spiro atoms. The van der Waals surface area contributed by atoms with Crippen LogP contribution in [0.4, 0.5) is 0 Å². The number of carboxylic acid groups (broad SMARTS) is 1. The third kappa shape index (κ3) is 2.68. The highest BCUT2D eigenvalue weighted by Gasteiger charge is 2.43. The van der Waals surface area contributed by atoms with Gasteiger partial charge in [0.15, 0.2) is 0 Å². The molecule has 7 heteroatoms. The summed E-state index contributed by atoms with van der Waals surface area (Å²) >= 11 is 3.24. The van der Waals surface area contributed by atoms with Crippen LogP contribution >= 0.6 is 15.9 Å². The summed E-state index contributed by atoms with van der Waals surface area (Å²) in [7, 11) is -3.75. The first-order chi connectivity index (χ1) is 8.84. The average molecular weight is 348 g/mol. The van der Waals surface area contributed by atoms with Gasteiger partial charge < -0.3 is 5.11 Å². The number of benzene rings is 1. The van der Waals surface area contributed by atoms with Gasteiger partial charge in [-0.2, -0.15) is 4.31 Å². The number of hydrogen-bond acceptors (Lipinski definition) is 3. The van der Waals surface area contributed by atoms with E-state index in [4.69, 9.17) is 0 Å². The summed E-state index contributed by atoms with van der Waals surface area (Å²) in [6.45, 7) is 2.01. The molecule has 1 saturated heterocycles. The van der Waals surface area contributed by atoms with E-state index in [1.54, 1.807) is 19.1 Å². The van der Waals surface area contributed by atoms with E-state index in [0.29, 0.717) is 6.42 Å². The second-order valence-electron chi connectivity index (χ2n) is 4.62. The highest BCUT2D eigenvalue weighted by atomic mass is 79.9.